The molecule has 0 spiro atoms. The van der Waals surface area contributed by atoms with Gasteiger partial charge in [0.15, 0.2) is 5.82 Å². The lowest BCUT2D eigenvalue weighted by molar-refractivity contribution is 0.100. The number of aliphatic hydroxyl groups is 1. The number of carbonyl (C=O) groups excluding carboxylic acids is 1. The van der Waals surface area contributed by atoms with Crippen LogP contribution in [0.15, 0.2) is 45.8 Å². The molecule has 1 aromatic carbocycles. The molecule has 0 bridgehead atoms. The van der Waals surface area contributed by atoms with Crippen LogP contribution in [0.5, 0.6) is 0 Å². The predicted octanol–water partition coefficient (Wildman–Crippen LogP) is 2.74. The van der Waals surface area contributed by atoms with E-state index in [2.05, 4.69) is 20.5 Å². The molecule has 2 heterocycles. The first-order valence-corrected chi connectivity index (χ1v) is 7.59. The molecule has 0 atom stereocenters. The standard InChI is InChI=1S/C16H14ClN5O3/c17-9-2-1-3-10(6-9)20-16-13(14(18)24)15(21-22-16)19-7-11-4-5-12(8-23)25-11/h1-7,23H,8H2,(H2,18,24)(H2,20,21,22). The number of H-pyrrole nitrogens is 1. The Hall–Kier alpha value is -3.10. The van der Waals surface area contributed by atoms with Gasteiger partial charge in [0.05, 0.1) is 6.21 Å². The van der Waals surface area contributed by atoms with Gasteiger partial charge in [-0.25, -0.2) is 4.99 Å². The molecule has 0 unspecified atom stereocenters. The van der Waals surface area contributed by atoms with Crippen LogP contribution in [-0.4, -0.2) is 27.4 Å². The van der Waals surface area contributed by atoms with Crippen molar-refractivity contribution in [1.29, 1.82) is 0 Å². The SMILES string of the molecule is NC(=O)c1c(N=Cc2ccc(CO)o2)n[nH]c1Nc1cccc(Cl)c1. The van der Waals surface area contributed by atoms with Crippen molar-refractivity contribution >= 4 is 41.0 Å². The molecule has 8 nitrogen and oxygen atoms in total. The summed E-state index contributed by atoms with van der Waals surface area (Å²) in [6.45, 7) is -0.212. The number of halogens is 1. The minimum absolute atomic E-state index is 0.102. The van der Waals surface area contributed by atoms with Crippen molar-refractivity contribution in [1.82, 2.24) is 10.2 Å². The van der Waals surface area contributed by atoms with E-state index >= 15 is 0 Å². The molecule has 9 heteroatoms. The molecular formula is C16H14ClN5O3. The fraction of sp³-hybridized carbons (Fsp3) is 0.0625. The molecule has 2 aromatic heterocycles. The Labute approximate surface area is 147 Å². The lowest BCUT2D eigenvalue weighted by Gasteiger charge is -2.05. The van der Waals surface area contributed by atoms with Crippen LogP contribution in [0.3, 0.4) is 0 Å². The largest absolute Gasteiger partial charge is 0.458 e. The number of carbonyl (C=O) groups is 1. The molecule has 3 rings (SSSR count). The summed E-state index contributed by atoms with van der Waals surface area (Å²) in [5.41, 5.74) is 6.20. The van der Waals surface area contributed by atoms with Gasteiger partial charge < -0.3 is 20.6 Å². The summed E-state index contributed by atoms with van der Waals surface area (Å²) in [5, 5.41) is 19.2. The highest BCUT2D eigenvalue weighted by Crippen LogP contribution is 2.27. The van der Waals surface area contributed by atoms with Crippen LogP contribution in [0.4, 0.5) is 17.3 Å². The second-order valence-electron chi connectivity index (χ2n) is 5.02. The van der Waals surface area contributed by atoms with Crippen molar-refractivity contribution in [2.75, 3.05) is 5.32 Å². The molecule has 0 aliphatic carbocycles. The fourth-order valence-corrected chi connectivity index (χ4v) is 2.32. The third-order valence-corrected chi connectivity index (χ3v) is 3.48. The summed E-state index contributed by atoms with van der Waals surface area (Å²) in [7, 11) is 0. The Balaban J connectivity index is 1.88. The maximum Gasteiger partial charge on any atom is 0.256 e. The van der Waals surface area contributed by atoms with E-state index in [4.69, 9.17) is 26.9 Å². The first-order chi connectivity index (χ1) is 12.1. The van der Waals surface area contributed by atoms with Gasteiger partial charge in [-0.3, -0.25) is 9.89 Å². The van der Waals surface area contributed by atoms with E-state index in [-0.39, 0.29) is 18.0 Å². The molecule has 0 fully saturated rings. The summed E-state index contributed by atoms with van der Waals surface area (Å²) in [5.74, 6) is 0.533. The van der Waals surface area contributed by atoms with Crippen molar-refractivity contribution in [3.63, 3.8) is 0 Å². The minimum Gasteiger partial charge on any atom is -0.458 e. The maximum atomic E-state index is 11.8. The second kappa shape index (κ2) is 7.20. The minimum atomic E-state index is -0.694. The number of aromatic nitrogens is 2. The molecule has 1 amide bonds. The normalized spacial score (nSPS) is 11.1. The van der Waals surface area contributed by atoms with Crippen LogP contribution >= 0.6 is 11.6 Å². The number of primary amides is 1. The van der Waals surface area contributed by atoms with E-state index in [1.54, 1.807) is 36.4 Å². The zero-order valence-electron chi connectivity index (χ0n) is 12.9. The van der Waals surface area contributed by atoms with E-state index in [1.165, 1.54) is 6.21 Å². The van der Waals surface area contributed by atoms with Crippen LogP contribution in [0, 0.1) is 0 Å². The van der Waals surface area contributed by atoms with Crippen LogP contribution in [0.25, 0.3) is 0 Å². The monoisotopic (exact) mass is 359 g/mol. The number of aromatic amines is 1. The van der Waals surface area contributed by atoms with Gasteiger partial charge in [0.1, 0.15) is 29.5 Å². The Morgan fingerprint density at radius 2 is 2.28 bits per heavy atom. The van der Waals surface area contributed by atoms with Crippen molar-refractivity contribution in [3.8, 4) is 0 Å². The van der Waals surface area contributed by atoms with E-state index in [1.807, 2.05) is 0 Å². The number of furan rings is 1. The third kappa shape index (κ3) is 3.87. The van der Waals surface area contributed by atoms with E-state index < -0.39 is 5.91 Å². The highest BCUT2D eigenvalue weighted by molar-refractivity contribution is 6.30. The quantitative estimate of drug-likeness (QED) is 0.503. The molecule has 0 radical (unpaired) electrons. The number of anilines is 2. The average Bonchev–Trinajstić information content (AvgIpc) is 3.19. The number of aliphatic imine (C=N–C) groups is 1. The molecule has 5 N–H and O–H groups in total. The molecular weight excluding hydrogens is 346 g/mol. The molecule has 3 aromatic rings. The van der Waals surface area contributed by atoms with Gasteiger partial charge in [0.25, 0.3) is 5.91 Å². The Morgan fingerprint density at radius 3 is 2.96 bits per heavy atom. The molecule has 0 saturated heterocycles. The Kier molecular flexibility index (Phi) is 4.82. The molecule has 128 valence electrons. The number of rotatable bonds is 6. The summed E-state index contributed by atoms with van der Waals surface area (Å²) in [4.78, 5) is 15.9. The van der Waals surface area contributed by atoms with Crippen LogP contribution < -0.4 is 11.1 Å². The third-order valence-electron chi connectivity index (χ3n) is 3.24. The highest BCUT2D eigenvalue weighted by Gasteiger charge is 2.18. The fourth-order valence-electron chi connectivity index (χ4n) is 2.13. The number of hydrogen-bond acceptors (Lipinski definition) is 6. The van der Waals surface area contributed by atoms with E-state index in [9.17, 15) is 4.79 Å². The van der Waals surface area contributed by atoms with Gasteiger partial charge in [-0.2, -0.15) is 5.10 Å². The number of hydrogen-bond donors (Lipinski definition) is 4. The first kappa shape index (κ1) is 16.7. The van der Waals surface area contributed by atoms with Crippen molar-refractivity contribution in [2.24, 2.45) is 10.7 Å². The first-order valence-electron chi connectivity index (χ1n) is 7.21. The smallest absolute Gasteiger partial charge is 0.256 e. The van der Waals surface area contributed by atoms with Gasteiger partial charge in [0.2, 0.25) is 0 Å². The van der Waals surface area contributed by atoms with Crippen LogP contribution in [-0.2, 0) is 6.61 Å². The number of nitrogens with two attached hydrogens (primary N) is 1. The van der Waals surface area contributed by atoms with E-state index in [0.29, 0.717) is 28.0 Å². The van der Waals surface area contributed by atoms with Gasteiger partial charge in [-0.1, -0.05) is 17.7 Å². The highest BCUT2D eigenvalue weighted by atomic mass is 35.5. The van der Waals surface area contributed by atoms with Gasteiger partial charge in [-0.15, -0.1) is 0 Å². The van der Waals surface area contributed by atoms with E-state index in [0.717, 1.165) is 0 Å². The number of aliphatic hydroxyl groups excluding tert-OH is 1. The zero-order valence-corrected chi connectivity index (χ0v) is 13.6. The molecule has 25 heavy (non-hydrogen) atoms. The number of nitrogens with zero attached hydrogens (tertiary/aromatic N) is 2. The van der Waals surface area contributed by atoms with Gasteiger partial charge in [0, 0.05) is 10.7 Å². The summed E-state index contributed by atoms with van der Waals surface area (Å²) in [6, 6.07) is 10.2. The van der Waals surface area contributed by atoms with Crippen molar-refractivity contribution in [2.45, 2.75) is 6.61 Å². The number of nitrogens with one attached hydrogen (secondary N) is 2. The summed E-state index contributed by atoms with van der Waals surface area (Å²) in [6.07, 6.45) is 1.38. The van der Waals surface area contributed by atoms with Crippen molar-refractivity contribution < 1.29 is 14.3 Å². The maximum absolute atomic E-state index is 11.8. The van der Waals surface area contributed by atoms with Crippen molar-refractivity contribution in [3.05, 3.63) is 58.5 Å². The Bertz CT molecular complexity index is 932. The van der Waals surface area contributed by atoms with Crippen LogP contribution in [0.1, 0.15) is 21.9 Å². The topological polar surface area (TPSA) is 130 Å². The number of benzene rings is 1. The molecule has 0 aliphatic rings. The number of amides is 1. The molecule has 0 saturated carbocycles. The zero-order chi connectivity index (χ0) is 17.8. The van der Waals surface area contributed by atoms with Crippen LogP contribution in [0.2, 0.25) is 5.02 Å². The summed E-state index contributed by atoms with van der Waals surface area (Å²) >= 11 is 5.94. The average molecular weight is 360 g/mol. The summed E-state index contributed by atoms with van der Waals surface area (Å²) < 4.78 is 5.29. The second-order valence-corrected chi connectivity index (χ2v) is 5.45. The molecule has 0 aliphatic heterocycles. The Morgan fingerprint density at radius 1 is 1.44 bits per heavy atom. The van der Waals surface area contributed by atoms with Gasteiger partial charge >= 0.3 is 0 Å². The lowest BCUT2D eigenvalue weighted by Crippen LogP contribution is -2.12. The predicted molar refractivity (Wildman–Crippen MR) is 93.7 cm³/mol. The lowest BCUT2D eigenvalue weighted by atomic mass is 10.2. The van der Waals surface area contributed by atoms with Gasteiger partial charge in [-0.05, 0) is 30.3 Å².